The molecule has 4 nitrogen and oxygen atoms in total. The van der Waals surface area contributed by atoms with Crippen LogP contribution < -0.4 is 0 Å². The number of thioether (sulfide) groups is 1. The zero-order valence-corrected chi connectivity index (χ0v) is 17.8. The first kappa shape index (κ1) is 19.2. The highest BCUT2D eigenvalue weighted by atomic mass is 35.5. The molecule has 0 saturated heterocycles. The van der Waals surface area contributed by atoms with Gasteiger partial charge in [0.2, 0.25) is 5.16 Å². The van der Waals surface area contributed by atoms with Crippen LogP contribution in [0.4, 0.5) is 0 Å². The van der Waals surface area contributed by atoms with E-state index in [4.69, 9.17) is 16.7 Å². The predicted molar refractivity (Wildman–Crippen MR) is 117 cm³/mol. The molecule has 144 valence electrons. The van der Waals surface area contributed by atoms with E-state index in [1.807, 2.05) is 28.9 Å². The van der Waals surface area contributed by atoms with Crippen LogP contribution in [0.3, 0.4) is 0 Å². The molecule has 28 heavy (non-hydrogen) atoms. The number of rotatable bonds is 5. The number of benzene rings is 2. The first-order valence-corrected chi connectivity index (χ1v) is 10.9. The van der Waals surface area contributed by atoms with Crippen LogP contribution in [0.2, 0.25) is 5.02 Å². The highest BCUT2D eigenvalue weighted by Crippen LogP contribution is 2.30. The highest BCUT2D eigenvalue weighted by molar-refractivity contribution is 7.99. The summed E-state index contributed by atoms with van der Waals surface area (Å²) in [5.74, 6) is 2.41. The van der Waals surface area contributed by atoms with E-state index >= 15 is 0 Å². The van der Waals surface area contributed by atoms with Crippen molar-refractivity contribution < 1.29 is 0 Å². The molecule has 3 aromatic rings. The van der Waals surface area contributed by atoms with Crippen LogP contribution in [0.25, 0.3) is 0 Å². The fraction of sp³-hybridized carbons (Fsp3) is 0.318. The monoisotopic (exact) mass is 410 g/mol. The van der Waals surface area contributed by atoms with Gasteiger partial charge in [0.05, 0.1) is 5.71 Å². The second kappa shape index (κ2) is 8.10. The molecule has 4 rings (SSSR count). The van der Waals surface area contributed by atoms with E-state index < -0.39 is 0 Å². The Labute approximate surface area is 175 Å². The second-order valence-electron chi connectivity index (χ2n) is 7.56. The minimum Gasteiger partial charge on any atom is -0.191 e. The Morgan fingerprint density at radius 2 is 1.71 bits per heavy atom. The number of aromatic nitrogens is 3. The smallest absolute Gasteiger partial charge is 0.191 e. The molecule has 1 atom stereocenters. The summed E-state index contributed by atoms with van der Waals surface area (Å²) in [5, 5.41) is 15.2. The van der Waals surface area contributed by atoms with Crippen molar-refractivity contribution in [1.82, 2.24) is 14.9 Å². The predicted octanol–water partition coefficient (Wildman–Crippen LogP) is 5.64. The Kier molecular flexibility index (Phi) is 5.56. The van der Waals surface area contributed by atoms with Gasteiger partial charge in [0.15, 0.2) is 5.82 Å². The minimum absolute atomic E-state index is 0.114. The maximum absolute atomic E-state index is 6.02. The van der Waals surface area contributed by atoms with E-state index in [-0.39, 0.29) is 5.92 Å². The van der Waals surface area contributed by atoms with Gasteiger partial charge >= 0.3 is 0 Å². The summed E-state index contributed by atoms with van der Waals surface area (Å²) in [7, 11) is 0. The quantitative estimate of drug-likeness (QED) is 0.546. The lowest BCUT2D eigenvalue weighted by atomic mass is 9.96. The number of halogens is 1. The van der Waals surface area contributed by atoms with Crippen LogP contribution in [0.1, 0.15) is 49.2 Å². The molecule has 0 aliphatic carbocycles. The zero-order chi connectivity index (χ0) is 19.7. The standard InChI is InChI=1S/C22H23ClN4S/c1-14(2)12-16-4-6-17(7-5-16)15(3)21-24-25-22-27(21)26-20(13-28-22)18-8-10-19(23)11-9-18/h4-11,14-15H,12-13H2,1-3H3. The lowest BCUT2D eigenvalue weighted by molar-refractivity contribution is 0.646. The Morgan fingerprint density at radius 3 is 2.39 bits per heavy atom. The Balaban J connectivity index is 1.62. The Bertz CT molecular complexity index is 990. The molecule has 0 bridgehead atoms. The van der Waals surface area contributed by atoms with Gasteiger partial charge in [-0.1, -0.05) is 80.5 Å². The van der Waals surface area contributed by atoms with Crippen molar-refractivity contribution in [2.45, 2.75) is 38.3 Å². The normalized spacial score (nSPS) is 14.7. The molecule has 2 aromatic carbocycles. The number of nitrogens with zero attached hydrogens (tertiary/aromatic N) is 4. The molecule has 1 aliphatic heterocycles. The van der Waals surface area contributed by atoms with Crippen molar-refractivity contribution in [2.75, 3.05) is 5.75 Å². The van der Waals surface area contributed by atoms with Crippen LogP contribution in [-0.2, 0) is 6.42 Å². The van der Waals surface area contributed by atoms with E-state index in [2.05, 4.69) is 55.2 Å². The van der Waals surface area contributed by atoms with E-state index in [0.717, 1.165) is 39.5 Å². The molecule has 0 spiro atoms. The van der Waals surface area contributed by atoms with Crippen molar-refractivity contribution >= 4 is 29.1 Å². The molecule has 2 heterocycles. The van der Waals surface area contributed by atoms with E-state index in [1.165, 1.54) is 11.1 Å². The average molecular weight is 411 g/mol. The lowest BCUT2D eigenvalue weighted by Crippen LogP contribution is -2.15. The molecular formula is C22H23ClN4S. The molecule has 1 unspecified atom stereocenters. The van der Waals surface area contributed by atoms with Gasteiger partial charge in [0.25, 0.3) is 0 Å². The minimum atomic E-state index is 0.114. The molecule has 0 amide bonds. The van der Waals surface area contributed by atoms with Gasteiger partial charge in [-0.25, -0.2) is 0 Å². The zero-order valence-electron chi connectivity index (χ0n) is 16.3. The Hall–Kier alpha value is -2.11. The first-order chi connectivity index (χ1) is 13.5. The fourth-order valence-electron chi connectivity index (χ4n) is 3.36. The van der Waals surface area contributed by atoms with Crippen molar-refractivity contribution in [3.8, 4) is 0 Å². The van der Waals surface area contributed by atoms with Crippen molar-refractivity contribution in [3.63, 3.8) is 0 Å². The van der Waals surface area contributed by atoms with Gasteiger partial charge < -0.3 is 0 Å². The van der Waals surface area contributed by atoms with Crippen LogP contribution in [0.5, 0.6) is 0 Å². The molecule has 0 radical (unpaired) electrons. The van der Waals surface area contributed by atoms with Crippen LogP contribution in [-0.4, -0.2) is 26.3 Å². The van der Waals surface area contributed by atoms with Gasteiger partial charge in [0, 0.05) is 16.7 Å². The van der Waals surface area contributed by atoms with Gasteiger partial charge in [-0.3, -0.25) is 0 Å². The molecule has 6 heteroatoms. The number of hydrogen-bond donors (Lipinski definition) is 0. The Morgan fingerprint density at radius 1 is 1.00 bits per heavy atom. The summed E-state index contributed by atoms with van der Waals surface area (Å²) in [6, 6.07) is 16.6. The average Bonchev–Trinajstić information content (AvgIpc) is 3.11. The summed E-state index contributed by atoms with van der Waals surface area (Å²) in [4.78, 5) is 0. The molecule has 0 saturated carbocycles. The van der Waals surface area contributed by atoms with Gasteiger partial charge in [-0.2, -0.15) is 9.78 Å². The number of fused-ring (bicyclic) bond motifs is 1. The third-order valence-corrected chi connectivity index (χ3v) is 6.07. The van der Waals surface area contributed by atoms with Gasteiger partial charge in [0.1, 0.15) is 0 Å². The highest BCUT2D eigenvalue weighted by Gasteiger charge is 2.23. The van der Waals surface area contributed by atoms with Gasteiger partial charge in [-0.15, -0.1) is 10.2 Å². The first-order valence-electron chi connectivity index (χ1n) is 9.52. The SMILES string of the molecule is CC(C)Cc1ccc(C(C)c2nnc3n2N=C(c2ccc(Cl)cc2)CS3)cc1. The fourth-order valence-corrected chi connectivity index (χ4v) is 4.33. The molecule has 0 fully saturated rings. The van der Waals surface area contributed by atoms with Crippen molar-refractivity contribution in [1.29, 1.82) is 0 Å². The van der Waals surface area contributed by atoms with Crippen molar-refractivity contribution in [3.05, 3.63) is 76.1 Å². The molecule has 1 aliphatic rings. The summed E-state index contributed by atoms with van der Waals surface area (Å²) in [5.41, 5.74) is 4.68. The summed E-state index contributed by atoms with van der Waals surface area (Å²) in [6.07, 6.45) is 1.10. The maximum Gasteiger partial charge on any atom is 0.212 e. The van der Waals surface area contributed by atoms with Crippen LogP contribution in [0.15, 0.2) is 58.8 Å². The molecule has 1 aromatic heterocycles. The van der Waals surface area contributed by atoms with Crippen molar-refractivity contribution in [2.24, 2.45) is 11.0 Å². The summed E-state index contributed by atoms with van der Waals surface area (Å²) >= 11 is 7.68. The number of hydrogen-bond acceptors (Lipinski definition) is 4. The second-order valence-corrected chi connectivity index (χ2v) is 8.94. The van der Waals surface area contributed by atoms with Gasteiger partial charge in [-0.05, 0) is 41.2 Å². The third kappa shape index (κ3) is 4.01. The lowest BCUT2D eigenvalue weighted by Gasteiger charge is -2.17. The summed E-state index contributed by atoms with van der Waals surface area (Å²) < 4.78 is 1.89. The summed E-state index contributed by atoms with van der Waals surface area (Å²) in [6.45, 7) is 6.64. The molecule has 0 N–H and O–H groups in total. The van der Waals surface area contributed by atoms with Crippen LogP contribution in [0, 0.1) is 5.92 Å². The third-order valence-electron chi connectivity index (χ3n) is 4.88. The maximum atomic E-state index is 6.02. The van der Waals surface area contributed by atoms with E-state index in [9.17, 15) is 0 Å². The van der Waals surface area contributed by atoms with Crippen LogP contribution >= 0.6 is 23.4 Å². The van der Waals surface area contributed by atoms with E-state index in [1.54, 1.807) is 11.8 Å². The molecular weight excluding hydrogens is 388 g/mol. The largest absolute Gasteiger partial charge is 0.212 e. The van der Waals surface area contributed by atoms with E-state index in [0.29, 0.717) is 5.92 Å². The topological polar surface area (TPSA) is 43.1 Å².